The Bertz CT molecular complexity index is 564. The first-order chi connectivity index (χ1) is 11.9. The molecule has 1 amide bonds. The van der Waals surface area contributed by atoms with E-state index in [1.165, 1.54) is 0 Å². The lowest BCUT2D eigenvalue weighted by molar-refractivity contribution is -0.238. The number of hydrogen-bond acceptors (Lipinski definition) is 5. The molecule has 2 radical (unpaired) electrons. The standard InChI is InChI=1S/C15H19NO5.C3H7B/c1-14-10(7-8-17)12(19)16-15(14,13(20)21-14)11(18)9-5-3-2-4-6-9;1-2-3-4/h3,5,8-11,18H,2,4,6-7H2,1H3,(H,16,19);2-3H2,1H3/t9-,10+,11-,14+,15+;/m1./s1. The van der Waals surface area contributed by atoms with Crippen molar-refractivity contribution in [1.82, 2.24) is 5.32 Å². The largest absolute Gasteiger partial charge is 0.453 e. The highest BCUT2D eigenvalue weighted by atomic mass is 16.6. The quantitative estimate of drug-likeness (QED) is 0.336. The summed E-state index contributed by atoms with van der Waals surface area (Å²) in [5.41, 5.74) is -2.59. The van der Waals surface area contributed by atoms with Crippen LogP contribution in [0, 0.1) is 11.8 Å². The molecule has 0 bridgehead atoms. The molecule has 25 heavy (non-hydrogen) atoms. The maximum atomic E-state index is 12.1. The van der Waals surface area contributed by atoms with Crippen molar-refractivity contribution >= 4 is 26.0 Å². The van der Waals surface area contributed by atoms with Gasteiger partial charge in [0.15, 0.2) is 5.60 Å². The predicted octanol–water partition coefficient (Wildman–Crippen LogP) is 1.08. The van der Waals surface area contributed by atoms with E-state index < -0.39 is 35.0 Å². The van der Waals surface area contributed by atoms with E-state index in [0.29, 0.717) is 6.29 Å². The number of hydrogen-bond donors (Lipinski definition) is 2. The second-order valence-electron chi connectivity index (χ2n) is 7.01. The average Bonchev–Trinajstić information content (AvgIpc) is 2.80. The van der Waals surface area contributed by atoms with Gasteiger partial charge in [0, 0.05) is 12.3 Å². The molecule has 2 fully saturated rings. The molecule has 0 saturated carbocycles. The first-order valence-electron chi connectivity index (χ1n) is 8.92. The van der Waals surface area contributed by atoms with Gasteiger partial charge in [-0.2, -0.15) is 0 Å². The SMILES string of the molecule is C[C@@]12OC(=O)[C@]1([C@H](O)[C@@H]1C=CCCC1)NC(=O)[C@@H]2CC=O.[B]CCC. The number of aldehydes is 1. The third-order valence-corrected chi connectivity index (χ3v) is 5.47. The maximum Gasteiger partial charge on any atom is 0.339 e. The van der Waals surface area contributed by atoms with Gasteiger partial charge in [0.25, 0.3) is 0 Å². The summed E-state index contributed by atoms with van der Waals surface area (Å²) in [6, 6.07) is 0. The Morgan fingerprint density at radius 2 is 2.20 bits per heavy atom. The fourth-order valence-corrected chi connectivity index (χ4v) is 3.90. The Hall–Kier alpha value is -1.63. The smallest absolute Gasteiger partial charge is 0.339 e. The molecule has 0 aromatic heterocycles. The number of carbonyl (C=O) groups excluding carboxylic acids is 3. The number of esters is 1. The van der Waals surface area contributed by atoms with Gasteiger partial charge < -0.3 is 20.0 Å². The highest BCUT2D eigenvalue weighted by Gasteiger charge is 2.79. The molecule has 3 aliphatic rings. The van der Waals surface area contributed by atoms with Crippen molar-refractivity contribution in [2.45, 2.75) is 69.5 Å². The lowest BCUT2D eigenvalue weighted by Gasteiger charge is -2.54. The van der Waals surface area contributed by atoms with Crippen LogP contribution in [0.15, 0.2) is 12.2 Å². The second-order valence-corrected chi connectivity index (χ2v) is 7.01. The van der Waals surface area contributed by atoms with E-state index in [4.69, 9.17) is 12.6 Å². The van der Waals surface area contributed by atoms with Crippen LogP contribution in [-0.2, 0) is 19.1 Å². The van der Waals surface area contributed by atoms with Gasteiger partial charge in [0.1, 0.15) is 6.29 Å². The molecule has 2 heterocycles. The first kappa shape index (κ1) is 19.7. The van der Waals surface area contributed by atoms with Crippen LogP contribution in [0.1, 0.15) is 46.0 Å². The van der Waals surface area contributed by atoms with Crippen molar-refractivity contribution in [3.05, 3.63) is 12.2 Å². The van der Waals surface area contributed by atoms with Gasteiger partial charge in [-0.15, -0.1) is 0 Å². The summed E-state index contributed by atoms with van der Waals surface area (Å²) in [5, 5.41) is 13.4. The molecular weight excluding hydrogens is 321 g/mol. The van der Waals surface area contributed by atoms with Crippen LogP contribution in [0.2, 0.25) is 6.32 Å². The Balaban J connectivity index is 0.000000511. The zero-order valence-corrected chi connectivity index (χ0v) is 14.9. The molecule has 1 aliphatic carbocycles. The molecule has 2 saturated heterocycles. The maximum absolute atomic E-state index is 12.1. The van der Waals surface area contributed by atoms with Gasteiger partial charge in [-0.3, -0.25) is 4.79 Å². The Labute approximate surface area is 149 Å². The number of nitrogens with one attached hydrogen (secondary N) is 1. The predicted molar refractivity (Wildman–Crippen MR) is 92.9 cm³/mol. The van der Waals surface area contributed by atoms with E-state index in [2.05, 4.69) is 12.2 Å². The third kappa shape index (κ3) is 3.03. The summed E-state index contributed by atoms with van der Waals surface area (Å²) in [4.78, 5) is 35.0. The van der Waals surface area contributed by atoms with Crippen LogP contribution in [0.4, 0.5) is 0 Å². The van der Waals surface area contributed by atoms with Crippen molar-refractivity contribution < 1.29 is 24.2 Å². The number of carbonyl (C=O) groups is 3. The van der Waals surface area contributed by atoms with Crippen molar-refractivity contribution in [1.29, 1.82) is 0 Å². The minimum absolute atomic E-state index is 0.0232. The normalized spacial score (nSPS) is 36.9. The van der Waals surface area contributed by atoms with Gasteiger partial charge >= 0.3 is 5.97 Å². The minimum Gasteiger partial charge on any atom is -0.453 e. The number of ether oxygens (including phenoxy) is 1. The van der Waals surface area contributed by atoms with Gasteiger partial charge in [-0.1, -0.05) is 31.8 Å². The second kappa shape index (κ2) is 7.73. The number of fused-ring (bicyclic) bond motifs is 1. The number of rotatable bonds is 5. The van der Waals surface area contributed by atoms with E-state index in [1.807, 2.05) is 12.2 Å². The van der Waals surface area contributed by atoms with Gasteiger partial charge in [0.2, 0.25) is 11.4 Å². The number of amides is 1. The molecule has 3 rings (SSSR count). The van der Waals surface area contributed by atoms with Crippen molar-refractivity contribution in [2.24, 2.45) is 11.8 Å². The summed E-state index contributed by atoms with van der Waals surface area (Å²) < 4.78 is 5.24. The number of allylic oxidation sites excluding steroid dienone is 1. The average molecular weight is 347 g/mol. The molecule has 2 aliphatic heterocycles. The molecule has 0 aromatic rings. The minimum atomic E-state index is -1.43. The molecule has 0 aromatic carbocycles. The van der Waals surface area contributed by atoms with E-state index in [-0.39, 0.29) is 12.3 Å². The zero-order valence-electron chi connectivity index (χ0n) is 14.9. The summed E-state index contributed by atoms with van der Waals surface area (Å²) in [6.07, 6.45) is 8.03. The number of aliphatic hydroxyl groups is 1. The fraction of sp³-hybridized carbons (Fsp3) is 0.722. The van der Waals surface area contributed by atoms with Crippen LogP contribution >= 0.6 is 0 Å². The summed E-state index contributed by atoms with van der Waals surface area (Å²) in [6.45, 7) is 3.68. The molecule has 6 nitrogen and oxygen atoms in total. The van der Waals surface area contributed by atoms with Crippen molar-refractivity contribution in [3.8, 4) is 0 Å². The lowest BCUT2D eigenvalue weighted by Crippen LogP contribution is -2.80. The summed E-state index contributed by atoms with van der Waals surface area (Å²) >= 11 is 0. The molecule has 7 heteroatoms. The van der Waals surface area contributed by atoms with Crippen molar-refractivity contribution in [2.75, 3.05) is 0 Å². The number of aliphatic hydroxyl groups excluding tert-OH is 1. The Morgan fingerprint density at radius 3 is 2.68 bits per heavy atom. The first-order valence-corrected chi connectivity index (χ1v) is 8.92. The van der Waals surface area contributed by atoms with E-state index in [0.717, 1.165) is 32.0 Å². The third-order valence-electron chi connectivity index (χ3n) is 5.47. The molecule has 5 atom stereocenters. The van der Waals surface area contributed by atoms with Crippen LogP contribution in [0.5, 0.6) is 0 Å². The van der Waals surface area contributed by atoms with E-state index >= 15 is 0 Å². The monoisotopic (exact) mass is 347 g/mol. The zero-order chi connectivity index (χ0) is 18.7. The topological polar surface area (TPSA) is 92.7 Å². The Kier molecular flexibility index (Phi) is 6.09. The van der Waals surface area contributed by atoms with E-state index in [1.54, 1.807) is 6.92 Å². The van der Waals surface area contributed by atoms with Gasteiger partial charge in [-0.25, -0.2) is 4.79 Å². The summed E-state index contributed by atoms with van der Waals surface area (Å²) in [7, 11) is 5.03. The molecule has 2 N–H and O–H groups in total. The fourth-order valence-electron chi connectivity index (χ4n) is 3.90. The lowest BCUT2D eigenvalue weighted by atomic mass is 9.64. The van der Waals surface area contributed by atoms with Gasteiger partial charge in [-0.05, 0) is 26.2 Å². The molecule has 136 valence electrons. The molecular formula is C18H26BNO5. The summed E-state index contributed by atoms with van der Waals surface area (Å²) in [5.74, 6) is -1.95. The Morgan fingerprint density at radius 1 is 1.52 bits per heavy atom. The van der Waals surface area contributed by atoms with E-state index in [9.17, 15) is 19.5 Å². The highest BCUT2D eigenvalue weighted by Crippen LogP contribution is 2.53. The van der Waals surface area contributed by atoms with Gasteiger partial charge in [0.05, 0.1) is 19.9 Å². The highest BCUT2D eigenvalue weighted by molar-refractivity contribution is 6.08. The van der Waals surface area contributed by atoms with Crippen LogP contribution in [-0.4, -0.2) is 48.4 Å². The molecule has 0 unspecified atom stereocenters. The molecule has 0 spiro atoms. The van der Waals surface area contributed by atoms with Crippen LogP contribution < -0.4 is 5.32 Å². The van der Waals surface area contributed by atoms with Crippen LogP contribution in [0.3, 0.4) is 0 Å². The van der Waals surface area contributed by atoms with Crippen molar-refractivity contribution in [3.63, 3.8) is 0 Å². The van der Waals surface area contributed by atoms with Crippen LogP contribution in [0.25, 0.3) is 0 Å².